The molecule has 0 radical (unpaired) electrons. The quantitative estimate of drug-likeness (QED) is 0.374. The molecule has 4 heterocycles. The number of nitrogens with zero attached hydrogens (tertiary/aromatic N) is 4. The topological polar surface area (TPSA) is 183 Å². The Morgan fingerprint density at radius 1 is 1.24 bits per heavy atom. The molecule has 3 atom stereocenters. The van der Waals surface area contributed by atoms with Gasteiger partial charge in [0, 0.05) is 30.8 Å². The Balaban J connectivity index is 1.31. The highest BCUT2D eigenvalue weighted by molar-refractivity contribution is 5.97. The zero-order valence-corrected chi connectivity index (χ0v) is 17.3. The number of carbonyl (C=O) groups is 3. The van der Waals surface area contributed by atoms with Crippen molar-refractivity contribution in [2.24, 2.45) is 0 Å². The molecule has 13 heteroatoms. The number of nitrogen functional groups attached to an aromatic ring is 1. The molecule has 0 saturated carbocycles. The lowest BCUT2D eigenvalue weighted by Gasteiger charge is -2.29. The van der Waals surface area contributed by atoms with Gasteiger partial charge in [0.2, 0.25) is 11.8 Å². The Morgan fingerprint density at radius 3 is 2.70 bits per heavy atom. The minimum absolute atomic E-state index is 0.126. The number of nitrogens with two attached hydrogens (primary N) is 1. The summed E-state index contributed by atoms with van der Waals surface area (Å²) in [6.07, 6.45) is -0.990. The zero-order chi connectivity index (χ0) is 23.3. The van der Waals surface area contributed by atoms with Crippen LogP contribution in [0, 0.1) is 0 Å². The molecule has 0 aliphatic carbocycles. The van der Waals surface area contributed by atoms with Gasteiger partial charge in [-0.3, -0.25) is 9.59 Å². The first-order chi connectivity index (χ1) is 15.8. The van der Waals surface area contributed by atoms with E-state index in [2.05, 4.69) is 25.5 Å². The largest absolute Gasteiger partial charge is 0.481 e. The lowest BCUT2D eigenvalue weighted by Crippen LogP contribution is -2.44. The summed E-state index contributed by atoms with van der Waals surface area (Å²) in [5, 5.41) is 23.6. The first kappa shape index (κ1) is 20.6. The van der Waals surface area contributed by atoms with Gasteiger partial charge in [0.1, 0.15) is 11.7 Å². The average molecular weight is 455 g/mol. The van der Waals surface area contributed by atoms with E-state index in [9.17, 15) is 19.5 Å². The zero-order valence-electron chi connectivity index (χ0n) is 17.3. The van der Waals surface area contributed by atoms with E-state index in [1.807, 2.05) is 4.90 Å². The molecule has 1 saturated heterocycles. The van der Waals surface area contributed by atoms with E-state index < -0.39 is 30.2 Å². The number of carbonyl (C=O) groups excluding carboxylic acids is 1. The fraction of sp³-hybridized carbons (Fsp3) is 0.350. The molecule has 3 aliphatic rings. The van der Waals surface area contributed by atoms with Crippen molar-refractivity contribution in [1.82, 2.24) is 15.3 Å². The van der Waals surface area contributed by atoms with Crippen LogP contribution in [-0.2, 0) is 9.59 Å². The van der Waals surface area contributed by atoms with Crippen molar-refractivity contribution in [3.63, 3.8) is 0 Å². The van der Waals surface area contributed by atoms with Gasteiger partial charge >= 0.3 is 11.9 Å². The molecule has 1 fully saturated rings. The number of carboxylic acid groups (broad SMARTS) is 2. The number of hydrogen-bond acceptors (Lipinski definition) is 10. The number of benzene rings is 1. The molecule has 172 valence electrons. The summed E-state index contributed by atoms with van der Waals surface area (Å²) in [5.41, 5.74) is 7.62. The van der Waals surface area contributed by atoms with E-state index in [-0.39, 0.29) is 30.4 Å². The van der Waals surface area contributed by atoms with E-state index >= 15 is 0 Å². The molecule has 5 rings (SSSR count). The summed E-state index contributed by atoms with van der Waals surface area (Å²) in [6.45, 7) is 1.33. The third-order valence-electron chi connectivity index (χ3n) is 5.87. The van der Waals surface area contributed by atoms with E-state index in [1.54, 1.807) is 24.3 Å². The molecule has 33 heavy (non-hydrogen) atoms. The van der Waals surface area contributed by atoms with Gasteiger partial charge in [0.15, 0.2) is 5.82 Å². The van der Waals surface area contributed by atoms with Crippen molar-refractivity contribution in [2.75, 3.05) is 33.9 Å². The number of ether oxygens (including phenoxy) is 1. The highest BCUT2D eigenvalue weighted by Gasteiger charge is 2.51. The highest BCUT2D eigenvalue weighted by atomic mass is 16.5. The van der Waals surface area contributed by atoms with Crippen LogP contribution in [0.25, 0.3) is 0 Å². The Bertz CT molecular complexity index is 1140. The summed E-state index contributed by atoms with van der Waals surface area (Å²) in [6, 6.07) is 5.51. The average Bonchev–Trinajstić information content (AvgIpc) is 3.33. The van der Waals surface area contributed by atoms with Crippen molar-refractivity contribution >= 4 is 41.0 Å². The SMILES string of the molecule is Nc1nc2c3c(n1)OC1N(c4ccc(C(=O)N[C@@H](CCC(=O)O)C(=O)O)cc4)C[C@@H](CN2)N31. The molecule has 1 amide bonds. The van der Waals surface area contributed by atoms with Crippen LogP contribution in [0.2, 0.25) is 0 Å². The van der Waals surface area contributed by atoms with E-state index in [0.29, 0.717) is 24.8 Å². The summed E-state index contributed by atoms with van der Waals surface area (Å²) >= 11 is 0. The first-order valence-corrected chi connectivity index (χ1v) is 10.3. The van der Waals surface area contributed by atoms with Crippen LogP contribution in [-0.4, -0.2) is 69.6 Å². The fourth-order valence-corrected chi connectivity index (χ4v) is 4.32. The van der Waals surface area contributed by atoms with Crippen molar-refractivity contribution < 1.29 is 29.3 Å². The van der Waals surface area contributed by atoms with Gasteiger partial charge in [-0.15, -0.1) is 0 Å². The summed E-state index contributed by atoms with van der Waals surface area (Å²) < 4.78 is 6.06. The maximum Gasteiger partial charge on any atom is 0.326 e. The van der Waals surface area contributed by atoms with Gasteiger partial charge in [-0.2, -0.15) is 9.97 Å². The molecule has 2 aromatic rings. The van der Waals surface area contributed by atoms with Crippen LogP contribution >= 0.6 is 0 Å². The summed E-state index contributed by atoms with van der Waals surface area (Å²) in [5.74, 6) is -1.83. The van der Waals surface area contributed by atoms with Gasteiger partial charge in [-0.05, 0) is 30.7 Å². The number of rotatable bonds is 7. The second-order valence-electron chi connectivity index (χ2n) is 7.97. The molecule has 0 bridgehead atoms. The van der Waals surface area contributed by atoms with Gasteiger partial charge in [-0.25, -0.2) is 4.79 Å². The second-order valence-corrected chi connectivity index (χ2v) is 7.97. The monoisotopic (exact) mass is 455 g/mol. The highest BCUT2D eigenvalue weighted by Crippen LogP contribution is 2.48. The lowest BCUT2D eigenvalue weighted by atomic mass is 10.1. The summed E-state index contributed by atoms with van der Waals surface area (Å²) in [4.78, 5) is 47.1. The second kappa shape index (κ2) is 7.69. The van der Waals surface area contributed by atoms with E-state index in [0.717, 1.165) is 11.4 Å². The van der Waals surface area contributed by atoms with Crippen molar-refractivity contribution in [1.29, 1.82) is 0 Å². The molecular formula is C20H21N7O6. The normalized spacial score (nSPS) is 20.5. The molecule has 1 unspecified atom stereocenters. The van der Waals surface area contributed by atoms with Gasteiger partial charge < -0.3 is 41.1 Å². The van der Waals surface area contributed by atoms with Crippen molar-refractivity contribution in [3.8, 4) is 5.88 Å². The minimum Gasteiger partial charge on any atom is -0.481 e. The fourth-order valence-electron chi connectivity index (χ4n) is 4.32. The molecule has 0 spiro atoms. The number of anilines is 4. The van der Waals surface area contributed by atoms with Crippen molar-refractivity contribution in [3.05, 3.63) is 29.8 Å². The van der Waals surface area contributed by atoms with Crippen LogP contribution < -0.4 is 30.9 Å². The van der Waals surface area contributed by atoms with Crippen LogP contribution in [0.3, 0.4) is 0 Å². The summed E-state index contributed by atoms with van der Waals surface area (Å²) in [7, 11) is 0. The Kier molecular flexibility index (Phi) is 4.80. The van der Waals surface area contributed by atoms with Gasteiger partial charge in [0.05, 0.1) is 6.04 Å². The molecule has 13 nitrogen and oxygen atoms in total. The molecule has 6 N–H and O–H groups in total. The lowest BCUT2D eigenvalue weighted by molar-refractivity contribution is -0.140. The smallest absolute Gasteiger partial charge is 0.326 e. The van der Waals surface area contributed by atoms with Crippen LogP contribution in [0.5, 0.6) is 5.88 Å². The predicted molar refractivity (Wildman–Crippen MR) is 115 cm³/mol. The molecular weight excluding hydrogens is 434 g/mol. The van der Waals surface area contributed by atoms with E-state index in [4.69, 9.17) is 15.6 Å². The van der Waals surface area contributed by atoms with Crippen LogP contribution in [0.1, 0.15) is 23.2 Å². The molecule has 3 aliphatic heterocycles. The Hall–Kier alpha value is -4.29. The number of amides is 1. The number of nitrogens with one attached hydrogen (secondary N) is 2. The van der Waals surface area contributed by atoms with E-state index in [1.165, 1.54) is 0 Å². The number of aliphatic carboxylic acids is 2. The minimum atomic E-state index is -1.29. The van der Waals surface area contributed by atoms with Crippen LogP contribution in [0.15, 0.2) is 24.3 Å². The third-order valence-corrected chi connectivity index (χ3v) is 5.87. The standard InChI is InChI=1S/C20H21N7O6/c21-19-24-15-14-17(25-19)33-20-26(8-11(7-22-15)27(14)20)10-3-1-9(2-4-10)16(30)23-12(18(31)32)5-6-13(28)29/h1-4,11-12,20H,5-8H2,(H,23,30)(H,28,29)(H,31,32)(H3,21,22,24,25)/t11-,12+,20?/m1/s1. The van der Waals surface area contributed by atoms with Crippen LogP contribution in [0.4, 0.5) is 23.1 Å². The third kappa shape index (κ3) is 3.56. The first-order valence-electron chi connectivity index (χ1n) is 10.3. The van der Waals surface area contributed by atoms with Gasteiger partial charge in [0.25, 0.3) is 12.3 Å². The molecule has 1 aromatic carbocycles. The maximum absolute atomic E-state index is 12.5. The molecule has 1 aromatic heterocycles. The Labute approximate surface area is 187 Å². The van der Waals surface area contributed by atoms with Gasteiger partial charge in [-0.1, -0.05) is 0 Å². The number of hydrogen-bond donors (Lipinski definition) is 5. The number of aromatic nitrogens is 2. The van der Waals surface area contributed by atoms with Crippen molar-refractivity contribution in [2.45, 2.75) is 31.3 Å². The number of carboxylic acids is 2. The Morgan fingerprint density at radius 2 is 2.00 bits per heavy atom. The predicted octanol–water partition coefficient (Wildman–Crippen LogP) is -0.0967. The maximum atomic E-state index is 12.5.